The summed E-state index contributed by atoms with van der Waals surface area (Å²) in [6.07, 6.45) is 8.47. The quantitative estimate of drug-likeness (QED) is 0.0355. The molecule has 71 heavy (non-hydrogen) atoms. The van der Waals surface area contributed by atoms with Gasteiger partial charge in [0.25, 0.3) is 0 Å². The number of H-pyrrole nitrogens is 3. The molecule has 0 aliphatic heterocycles. The van der Waals surface area contributed by atoms with Crippen molar-refractivity contribution in [3.05, 3.63) is 108 Å². The van der Waals surface area contributed by atoms with Crippen LogP contribution in [0.5, 0.6) is 0 Å². The number of ether oxygens (including phenoxy) is 1. The van der Waals surface area contributed by atoms with Gasteiger partial charge in [0, 0.05) is 66.6 Å². The van der Waals surface area contributed by atoms with Gasteiger partial charge in [-0.25, -0.2) is 14.8 Å². The molecule has 0 saturated heterocycles. The number of nitrogens with zero attached hydrogens (tertiary/aromatic N) is 2. The van der Waals surface area contributed by atoms with Crippen molar-refractivity contribution in [2.24, 2.45) is 11.8 Å². The highest BCUT2D eigenvalue weighted by Crippen LogP contribution is 2.20. The monoisotopic (exact) mass is 979 g/mol. The number of nitrogens with one attached hydrogen (secondary N) is 10. The summed E-state index contributed by atoms with van der Waals surface area (Å²) in [5.41, 5.74) is 3.55. The van der Waals surface area contributed by atoms with Crippen LogP contribution in [0.15, 0.2) is 85.8 Å². The normalized spacial score (nSPS) is 14.2. The molecule has 10 N–H and O–H groups in total. The van der Waals surface area contributed by atoms with Gasteiger partial charge in [-0.2, -0.15) is 0 Å². The Kier molecular flexibility index (Phi) is 20.0. The molecule has 0 saturated carbocycles. The van der Waals surface area contributed by atoms with Gasteiger partial charge in [0.05, 0.1) is 19.8 Å². The maximum Gasteiger partial charge on any atom is 0.328 e. The van der Waals surface area contributed by atoms with E-state index < -0.39 is 89.6 Å². The highest BCUT2D eigenvalue weighted by molar-refractivity contribution is 5.98. The van der Waals surface area contributed by atoms with Crippen LogP contribution in [-0.4, -0.2) is 122 Å². The molecule has 380 valence electrons. The minimum atomic E-state index is -1.24. The number of hydrogen-bond acceptors (Lipinski definition) is 11. The highest BCUT2D eigenvalue weighted by atomic mass is 16.5. The van der Waals surface area contributed by atoms with Crippen molar-refractivity contribution in [3.63, 3.8) is 0 Å². The number of fused-ring (bicyclic) bond motifs is 1. The lowest BCUT2D eigenvalue weighted by Gasteiger charge is -2.27. The minimum Gasteiger partial charge on any atom is -0.467 e. The Hall–Kier alpha value is -7.84. The van der Waals surface area contributed by atoms with Crippen molar-refractivity contribution in [1.82, 2.24) is 62.1 Å². The van der Waals surface area contributed by atoms with Gasteiger partial charge in [-0.1, -0.05) is 76.2 Å². The highest BCUT2D eigenvalue weighted by Gasteiger charge is 2.34. The van der Waals surface area contributed by atoms with Gasteiger partial charge < -0.3 is 56.9 Å². The molecule has 0 fully saturated rings. The first kappa shape index (κ1) is 54.1. The first-order chi connectivity index (χ1) is 33.9. The maximum atomic E-state index is 14.2. The molecule has 0 aliphatic carbocycles. The number of amides is 7. The Balaban J connectivity index is 1.26. The summed E-state index contributed by atoms with van der Waals surface area (Å²) >= 11 is 0. The van der Waals surface area contributed by atoms with Crippen molar-refractivity contribution in [3.8, 4) is 0 Å². The molecule has 0 radical (unpaired) electrons. The molecule has 21 nitrogen and oxygen atoms in total. The summed E-state index contributed by atoms with van der Waals surface area (Å²) in [7, 11) is 1.21. The second-order valence-electron chi connectivity index (χ2n) is 18.3. The Morgan fingerprint density at radius 1 is 0.563 bits per heavy atom. The lowest BCUT2D eigenvalue weighted by molar-refractivity contribution is -0.146. The number of hydrogen-bond donors (Lipinski definition) is 10. The Morgan fingerprint density at radius 2 is 1.08 bits per heavy atom. The van der Waals surface area contributed by atoms with E-state index in [1.165, 1.54) is 46.0 Å². The fourth-order valence-electron chi connectivity index (χ4n) is 7.78. The number of methoxy groups -OCH3 is 1. The molecule has 0 spiro atoms. The van der Waals surface area contributed by atoms with Crippen LogP contribution in [0.3, 0.4) is 0 Å². The van der Waals surface area contributed by atoms with Gasteiger partial charge in [-0.05, 0) is 55.7 Å². The fraction of sp³-hybridized carbons (Fsp3) is 0.440. The van der Waals surface area contributed by atoms with E-state index in [0.717, 1.165) is 16.5 Å². The number of rotatable bonds is 26. The third-order valence-corrected chi connectivity index (χ3v) is 11.7. The molecule has 7 atom stereocenters. The number of benzene rings is 2. The summed E-state index contributed by atoms with van der Waals surface area (Å²) in [6, 6.07) is 8.74. The van der Waals surface area contributed by atoms with Gasteiger partial charge in [0.1, 0.15) is 42.3 Å². The van der Waals surface area contributed by atoms with Crippen LogP contribution >= 0.6 is 0 Å². The Labute approximate surface area is 412 Å². The van der Waals surface area contributed by atoms with Crippen molar-refractivity contribution >= 4 is 58.2 Å². The zero-order chi connectivity index (χ0) is 51.6. The molecule has 5 rings (SSSR count). The zero-order valence-electron chi connectivity index (χ0n) is 41.1. The van der Waals surface area contributed by atoms with Crippen LogP contribution < -0.4 is 37.2 Å². The SMILES string of the molecule is COC(=O)[C@H](CC(C)C)NC(=O)[C@H](Cc1cnc[nH]1)NC(=O)[C@@H](C)NC(=O)[C@@H](NC(=O)[C@H](C)NC(=O)[C@H](Cc1c[nH]c2ccccc12)NC(=O)[C@H](Cc1cnc[nH]1)NC(=O)CCc1ccccc1)C(C)C. The number of para-hydroxylation sites is 1. The number of imidazole rings is 2. The molecule has 0 unspecified atom stereocenters. The fourth-order valence-corrected chi connectivity index (χ4v) is 7.78. The van der Waals surface area contributed by atoms with Gasteiger partial charge in [0.15, 0.2) is 0 Å². The van der Waals surface area contributed by atoms with Crippen molar-refractivity contribution < 1.29 is 43.1 Å². The summed E-state index contributed by atoms with van der Waals surface area (Å²) in [5.74, 6) is -5.70. The molecule has 2 aromatic carbocycles. The predicted octanol–water partition coefficient (Wildman–Crippen LogP) is 1.58. The van der Waals surface area contributed by atoms with E-state index in [1.807, 2.05) is 68.4 Å². The average molecular weight is 979 g/mol. The van der Waals surface area contributed by atoms with E-state index in [2.05, 4.69) is 62.1 Å². The summed E-state index contributed by atoms with van der Waals surface area (Å²) < 4.78 is 4.89. The second-order valence-corrected chi connectivity index (χ2v) is 18.3. The number of carbonyl (C=O) groups excluding carboxylic acids is 8. The molecular weight excluding hydrogens is 913 g/mol. The van der Waals surface area contributed by atoms with Crippen LogP contribution in [0, 0.1) is 11.8 Å². The Morgan fingerprint density at radius 3 is 1.66 bits per heavy atom. The predicted molar refractivity (Wildman–Crippen MR) is 263 cm³/mol. The standard InChI is InChI=1S/C50H66N12O9/c1-28(2)19-41(50(70)71-7)61-48(68)40(22-35-25-52-27-55-35)59-44(64)30(5)57-49(69)43(29(3)4)62-45(65)31(6)56-46(66)38(20-33-23-53-37-16-12-11-15-36(33)37)60-47(67)39(21-34-24-51-26-54-34)58-42(63)18-17-32-13-9-8-10-14-32/h8-16,23-31,38-41,43,53H,17-22H2,1-7H3,(H,51,54)(H,52,55)(H,56,66)(H,57,69)(H,58,63)(H,59,64)(H,60,67)(H,61,68)(H,62,65)/t30-,31+,38+,39+,40+,41+,43+/m1/s1. The first-order valence-corrected chi connectivity index (χ1v) is 23.6. The smallest absolute Gasteiger partial charge is 0.328 e. The lowest BCUT2D eigenvalue weighted by Crippen LogP contribution is -2.60. The van der Waals surface area contributed by atoms with E-state index >= 15 is 0 Å². The molecule has 5 aromatic rings. The van der Waals surface area contributed by atoms with Gasteiger partial charge in [-0.15, -0.1) is 0 Å². The third kappa shape index (κ3) is 16.4. The third-order valence-electron chi connectivity index (χ3n) is 11.7. The van der Waals surface area contributed by atoms with Crippen LogP contribution in [0.4, 0.5) is 0 Å². The summed E-state index contributed by atoms with van der Waals surface area (Å²) in [6.45, 7) is 9.97. The first-order valence-electron chi connectivity index (χ1n) is 23.6. The molecule has 3 aromatic heterocycles. The largest absolute Gasteiger partial charge is 0.467 e. The molecular formula is C50H66N12O9. The van der Waals surface area contributed by atoms with E-state index in [-0.39, 0.29) is 43.9 Å². The van der Waals surface area contributed by atoms with E-state index in [0.29, 0.717) is 23.4 Å². The number of aromatic amines is 3. The van der Waals surface area contributed by atoms with Crippen molar-refractivity contribution in [2.45, 2.75) is 122 Å². The van der Waals surface area contributed by atoms with Gasteiger partial charge >= 0.3 is 5.97 Å². The lowest BCUT2D eigenvalue weighted by atomic mass is 10.0. The van der Waals surface area contributed by atoms with Crippen molar-refractivity contribution in [2.75, 3.05) is 7.11 Å². The van der Waals surface area contributed by atoms with E-state index in [4.69, 9.17) is 4.74 Å². The van der Waals surface area contributed by atoms with E-state index in [1.54, 1.807) is 20.0 Å². The van der Waals surface area contributed by atoms with Crippen LogP contribution in [0.25, 0.3) is 10.9 Å². The molecule has 21 heteroatoms. The van der Waals surface area contributed by atoms with Crippen LogP contribution in [-0.2, 0) is 68.8 Å². The minimum absolute atomic E-state index is 0.000152. The van der Waals surface area contributed by atoms with Crippen molar-refractivity contribution in [1.29, 1.82) is 0 Å². The summed E-state index contributed by atoms with van der Waals surface area (Å²) in [5, 5.41) is 19.8. The molecule has 0 aliphatic rings. The molecule has 0 bridgehead atoms. The number of carbonyl (C=O) groups is 8. The molecule has 3 heterocycles. The number of aromatic nitrogens is 5. The zero-order valence-corrected chi connectivity index (χ0v) is 41.1. The van der Waals surface area contributed by atoms with Gasteiger partial charge in [-0.3, -0.25) is 33.6 Å². The maximum absolute atomic E-state index is 14.2. The van der Waals surface area contributed by atoms with Gasteiger partial charge in [0.2, 0.25) is 41.4 Å². The van der Waals surface area contributed by atoms with Crippen LogP contribution in [0.1, 0.15) is 76.9 Å². The second kappa shape index (κ2) is 26.2. The topological polar surface area (TPSA) is 303 Å². The average Bonchev–Trinajstić information content (AvgIpc) is 4.15. The number of aryl methyl sites for hydroxylation is 1. The molecule has 7 amide bonds. The Bertz CT molecular complexity index is 2560. The number of esters is 1. The van der Waals surface area contributed by atoms with Crippen LogP contribution in [0.2, 0.25) is 0 Å². The van der Waals surface area contributed by atoms with E-state index in [9.17, 15) is 38.4 Å². The summed E-state index contributed by atoms with van der Waals surface area (Å²) in [4.78, 5) is 126.